The summed E-state index contributed by atoms with van der Waals surface area (Å²) in [4.78, 5) is 0. The van der Waals surface area contributed by atoms with E-state index in [1.807, 2.05) is 13.8 Å². The number of methoxy groups -OCH3 is 3. The molecule has 102 valence electrons. The lowest BCUT2D eigenvalue weighted by Gasteiger charge is -2.45. The minimum atomic E-state index is -0.237. The summed E-state index contributed by atoms with van der Waals surface area (Å²) in [5.41, 5.74) is 0. The molecule has 5 nitrogen and oxygen atoms in total. The molecule has 1 N–H and O–H groups in total. The van der Waals surface area contributed by atoms with E-state index in [2.05, 4.69) is 5.32 Å². The first-order valence-corrected chi connectivity index (χ1v) is 6.13. The van der Waals surface area contributed by atoms with Gasteiger partial charge in [-0.3, -0.25) is 0 Å². The van der Waals surface area contributed by atoms with E-state index in [-0.39, 0.29) is 24.5 Å². The van der Waals surface area contributed by atoms with E-state index in [9.17, 15) is 0 Å². The zero-order valence-corrected chi connectivity index (χ0v) is 11.4. The molecule has 1 rings (SSSR count). The van der Waals surface area contributed by atoms with E-state index < -0.39 is 0 Å². The molecule has 0 spiro atoms. The zero-order valence-electron chi connectivity index (χ0n) is 11.4. The van der Waals surface area contributed by atoms with Crippen molar-refractivity contribution in [3.63, 3.8) is 0 Å². The second kappa shape index (κ2) is 7.28. The molecule has 4 atom stereocenters. The van der Waals surface area contributed by atoms with E-state index in [1.54, 1.807) is 21.3 Å². The summed E-state index contributed by atoms with van der Waals surface area (Å²) < 4.78 is 21.5. The Balaban J connectivity index is 2.37. The van der Waals surface area contributed by atoms with Crippen LogP contribution in [0.5, 0.6) is 0 Å². The third-order valence-corrected chi connectivity index (χ3v) is 3.25. The smallest absolute Gasteiger partial charge is 0.171 e. The van der Waals surface area contributed by atoms with E-state index in [0.29, 0.717) is 6.04 Å². The van der Waals surface area contributed by atoms with Crippen LogP contribution in [0.2, 0.25) is 0 Å². The van der Waals surface area contributed by atoms with Gasteiger partial charge in [-0.1, -0.05) is 0 Å². The summed E-state index contributed by atoms with van der Waals surface area (Å²) in [6.07, 6.45) is 1.06. The van der Waals surface area contributed by atoms with Crippen LogP contribution in [0.3, 0.4) is 0 Å². The molecule has 0 saturated heterocycles. The highest BCUT2D eigenvalue weighted by molar-refractivity contribution is 4.98. The fourth-order valence-corrected chi connectivity index (χ4v) is 2.36. The van der Waals surface area contributed by atoms with Gasteiger partial charge in [0.05, 0.1) is 18.2 Å². The number of rotatable bonds is 8. The van der Waals surface area contributed by atoms with Gasteiger partial charge in [-0.2, -0.15) is 0 Å². The molecule has 0 amide bonds. The Labute approximate surface area is 104 Å². The van der Waals surface area contributed by atoms with Crippen molar-refractivity contribution in [3.05, 3.63) is 0 Å². The number of hydrogen-bond acceptors (Lipinski definition) is 5. The van der Waals surface area contributed by atoms with Crippen LogP contribution in [-0.2, 0) is 18.9 Å². The summed E-state index contributed by atoms with van der Waals surface area (Å²) in [7, 11) is 5.01. The van der Waals surface area contributed by atoms with E-state index in [1.165, 1.54) is 0 Å². The summed E-state index contributed by atoms with van der Waals surface area (Å²) in [6.45, 7) is 4.77. The van der Waals surface area contributed by atoms with Gasteiger partial charge in [0, 0.05) is 34.0 Å². The standard InChI is InChI=1S/C12H25NO4/c1-6-17-10-7-9(11(10)14-3)13-8(2)12(15-4)16-5/h8-13H,6-7H2,1-5H3. The Morgan fingerprint density at radius 2 is 1.88 bits per heavy atom. The Kier molecular flexibility index (Phi) is 6.37. The van der Waals surface area contributed by atoms with Crippen LogP contribution in [0, 0.1) is 0 Å². The lowest BCUT2D eigenvalue weighted by Crippen LogP contribution is -2.63. The molecule has 5 heteroatoms. The molecule has 0 radical (unpaired) electrons. The van der Waals surface area contributed by atoms with Gasteiger partial charge in [0.2, 0.25) is 0 Å². The zero-order chi connectivity index (χ0) is 12.8. The van der Waals surface area contributed by atoms with Crippen molar-refractivity contribution in [3.8, 4) is 0 Å². The van der Waals surface area contributed by atoms with Crippen LogP contribution in [0.15, 0.2) is 0 Å². The highest BCUT2D eigenvalue weighted by Gasteiger charge is 2.43. The predicted molar refractivity (Wildman–Crippen MR) is 65.0 cm³/mol. The summed E-state index contributed by atoms with van der Waals surface area (Å²) >= 11 is 0. The molecule has 0 bridgehead atoms. The first-order chi connectivity index (χ1) is 8.17. The summed E-state index contributed by atoms with van der Waals surface area (Å²) in [5.74, 6) is 0. The first kappa shape index (κ1) is 14.9. The Morgan fingerprint density at radius 3 is 2.35 bits per heavy atom. The topological polar surface area (TPSA) is 49.0 Å². The van der Waals surface area contributed by atoms with Gasteiger partial charge in [-0.05, 0) is 20.3 Å². The van der Waals surface area contributed by atoms with E-state index >= 15 is 0 Å². The largest absolute Gasteiger partial charge is 0.377 e. The van der Waals surface area contributed by atoms with Crippen molar-refractivity contribution in [1.29, 1.82) is 0 Å². The van der Waals surface area contributed by atoms with Crippen LogP contribution in [0.1, 0.15) is 20.3 Å². The van der Waals surface area contributed by atoms with Gasteiger partial charge in [0.25, 0.3) is 0 Å². The third kappa shape index (κ3) is 3.63. The monoisotopic (exact) mass is 247 g/mol. The highest BCUT2D eigenvalue weighted by atomic mass is 16.7. The molecule has 0 aromatic heterocycles. The number of nitrogens with one attached hydrogen (secondary N) is 1. The summed E-state index contributed by atoms with van der Waals surface area (Å²) in [5, 5.41) is 3.45. The quantitative estimate of drug-likeness (QED) is 0.642. The number of hydrogen-bond donors (Lipinski definition) is 1. The van der Waals surface area contributed by atoms with Gasteiger partial charge in [-0.25, -0.2) is 0 Å². The molecular weight excluding hydrogens is 222 g/mol. The highest BCUT2D eigenvalue weighted by Crippen LogP contribution is 2.27. The second-order valence-corrected chi connectivity index (χ2v) is 4.33. The lowest BCUT2D eigenvalue weighted by atomic mass is 9.84. The van der Waals surface area contributed by atoms with Gasteiger partial charge < -0.3 is 24.3 Å². The minimum Gasteiger partial charge on any atom is -0.377 e. The maximum absolute atomic E-state index is 5.58. The van der Waals surface area contributed by atoms with Gasteiger partial charge in [0.1, 0.15) is 0 Å². The number of ether oxygens (including phenoxy) is 4. The molecule has 1 aliphatic carbocycles. The van der Waals surface area contributed by atoms with Gasteiger partial charge in [0.15, 0.2) is 6.29 Å². The Morgan fingerprint density at radius 1 is 1.24 bits per heavy atom. The first-order valence-electron chi connectivity index (χ1n) is 6.13. The Hall–Kier alpha value is -0.200. The molecule has 1 aliphatic rings. The second-order valence-electron chi connectivity index (χ2n) is 4.33. The fraction of sp³-hybridized carbons (Fsp3) is 1.00. The third-order valence-electron chi connectivity index (χ3n) is 3.25. The normalized spacial score (nSPS) is 30.4. The van der Waals surface area contributed by atoms with Crippen molar-refractivity contribution < 1.29 is 18.9 Å². The molecular formula is C12H25NO4. The van der Waals surface area contributed by atoms with Crippen LogP contribution < -0.4 is 5.32 Å². The fourth-order valence-electron chi connectivity index (χ4n) is 2.36. The predicted octanol–water partition coefficient (Wildman–Crippen LogP) is 0.776. The van der Waals surface area contributed by atoms with Crippen LogP contribution in [0.25, 0.3) is 0 Å². The molecule has 1 fully saturated rings. The van der Waals surface area contributed by atoms with Gasteiger partial charge >= 0.3 is 0 Å². The van der Waals surface area contributed by atoms with Crippen LogP contribution in [-0.4, -0.2) is 58.5 Å². The SMILES string of the molecule is CCOC1CC(NC(C)C(OC)OC)C1OC. The maximum Gasteiger partial charge on any atom is 0.171 e. The summed E-state index contributed by atoms with van der Waals surface area (Å²) in [6, 6.07) is 0.426. The van der Waals surface area contributed by atoms with Crippen LogP contribution >= 0.6 is 0 Å². The van der Waals surface area contributed by atoms with E-state index in [4.69, 9.17) is 18.9 Å². The van der Waals surface area contributed by atoms with Crippen molar-refractivity contribution in [2.45, 2.75) is 50.8 Å². The van der Waals surface area contributed by atoms with Crippen LogP contribution in [0.4, 0.5) is 0 Å². The van der Waals surface area contributed by atoms with Crippen molar-refractivity contribution in [2.24, 2.45) is 0 Å². The van der Waals surface area contributed by atoms with Gasteiger partial charge in [-0.15, -0.1) is 0 Å². The molecule has 0 aliphatic heterocycles. The van der Waals surface area contributed by atoms with Crippen molar-refractivity contribution >= 4 is 0 Å². The average molecular weight is 247 g/mol. The minimum absolute atomic E-state index is 0.117. The van der Waals surface area contributed by atoms with Crippen molar-refractivity contribution in [2.75, 3.05) is 27.9 Å². The molecule has 0 aromatic carbocycles. The molecule has 17 heavy (non-hydrogen) atoms. The lowest BCUT2D eigenvalue weighted by molar-refractivity contribution is -0.153. The maximum atomic E-state index is 5.58. The van der Waals surface area contributed by atoms with Crippen molar-refractivity contribution in [1.82, 2.24) is 5.32 Å². The molecule has 1 saturated carbocycles. The molecule has 0 aromatic rings. The molecule has 0 heterocycles. The van der Waals surface area contributed by atoms with E-state index in [0.717, 1.165) is 13.0 Å². The Bertz CT molecular complexity index is 211. The molecule has 4 unspecified atom stereocenters. The average Bonchev–Trinajstić information content (AvgIpc) is 2.29.